The number of rotatable bonds is 4. The number of benzene rings is 1. The van der Waals surface area contributed by atoms with Crippen LogP contribution in [0.3, 0.4) is 0 Å². The van der Waals surface area contributed by atoms with Gasteiger partial charge in [-0.25, -0.2) is 18.4 Å². The quantitative estimate of drug-likeness (QED) is 0.806. The summed E-state index contributed by atoms with van der Waals surface area (Å²) >= 11 is 2.11. The monoisotopic (exact) mass is 410 g/mol. The Morgan fingerprint density at radius 1 is 1.19 bits per heavy atom. The zero-order valence-corrected chi connectivity index (χ0v) is 18.0. The third kappa shape index (κ3) is 4.06. The van der Waals surface area contributed by atoms with Gasteiger partial charge in [0.25, 0.3) is 0 Å². The molecule has 4 unspecified atom stereocenters. The van der Waals surface area contributed by atoms with Gasteiger partial charge in [-0.2, -0.15) is 11.8 Å². The summed E-state index contributed by atoms with van der Waals surface area (Å²) in [6.07, 6.45) is 4.23. The number of nitrogens with one attached hydrogen (secondary N) is 1. The van der Waals surface area contributed by atoms with E-state index in [9.17, 15) is 8.42 Å². The highest BCUT2D eigenvalue weighted by molar-refractivity contribution is 8.00. The van der Waals surface area contributed by atoms with Crippen LogP contribution in [0.25, 0.3) is 0 Å². The molecule has 3 heterocycles. The molecule has 27 heavy (non-hydrogen) atoms. The van der Waals surface area contributed by atoms with Gasteiger partial charge in [-0.05, 0) is 43.3 Å². The molecule has 150 valence electrons. The summed E-state index contributed by atoms with van der Waals surface area (Å²) in [7, 11) is 1.25. The number of nitrogens with zero attached hydrogens (tertiary/aromatic N) is 3. The molecule has 0 aromatic heterocycles. The third-order valence-electron chi connectivity index (χ3n) is 6.17. The number of piperazine rings is 1. The van der Waals surface area contributed by atoms with Crippen LogP contribution in [0.5, 0.6) is 0 Å². The number of thioether (sulfide) groups is 1. The minimum Gasteiger partial charge on any atom is -0.297 e. The molecule has 0 spiro atoms. The van der Waals surface area contributed by atoms with E-state index in [-0.39, 0.29) is 12.2 Å². The Labute approximate surface area is 167 Å². The second-order valence-corrected chi connectivity index (χ2v) is 11.5. The molecule has 1 aromatic carbocycles. The first-order chi connectivity index (χ1) is 12.8. The smallest absolute Gasteiger partial charge is 0.175 e. The van der Waals surface area contributed by atoms with Crippen molar-refractivity contribution in [1.82, 2.24) is 20.2 Å². The molecule has 0 bridgehead atoms. The molecule has 1 N–H and O–H groups in total. The van der Waals surface area contributed by atoms with E-state index in [1.807, 2.05) is 12.1 Å². The molecule has 4 atom stereocenters. The van der Waals surface area contributed by atoms with Crippen molar-refractivity contribution in [3.63, 3.8) is 0 Å². The van der Waals surface area contributed by atoms with E-state index in [1.165, 1.54) is 24.9 Å². The number of hydrogen-bond donors (Lipinski definition) is 1. The highest BCUT2D eigenvalue weighted by Gasteiger charge is 2.45. The molecule has 8 heteroatoms. The van der Waals surface area contributed by atoms with Gasteiger partial charge in [-0.3, -0.25) is 10.2 Å². The maximum absolute atomic E-state index is 11.7. The maximum Gasteiger partial charge on any atom is 0.175 e. The molecule has 4 rings (SSSR count). The van der Waals surface area contributed by atoms with Gasteiger partial charge in [0.05, 0.1) is 17.1 Å². The third-order valence-corrected chi connectivity index (χ3v) is 8.68. The lowest BCUT2D eigenvalue weighted by atomic mass is 10.0. The summed E-state index contributed by atoms with van der Waals surface area (Å²) in [5, 5.41) is 9.47. The standard InChI is InChI=1S/C19H30N4O2S2/c1-21-12-17(14-6-8-16(9-7-14)27(3,24)25)20-19-18(21)13-23(22(19)2)11-15-5-4-10-26-15/h6-9,15,17-20H,4-5,10-13H2,1-3H3. The number of likely N-dealkylation sites (N-methyl/N-ethyl adjacent to an activating group) is 2. The summed E-state index contributed by atoms with van der Waals surface area (Å²) in [6, 6.07) is 8.02. The fourth-order valence-corrected chi connectivity index (χ4v) is 6.43. The normalized spacial score (nSPS) is 33.4. The minimum absolute atomic E-state index is 0.202. The maximum atomic E-state index is 11.7. The van der Waals surface area contributed by atoms with Gasteiger partial charge in [0.15, 0.2) is 9.84 Å². The second kappa shape index (κ2) is 7.65. The lowest BCUT2D eigenvalue weighted by Gasteiger charge is -2.42. The van der Waals surface area contributed by atoms with Crippen LogP contribution in [-0.4, -0.2) is 86.5 Å². The average molecular weight is 411 g/mol. The first kappa shape index (κ1) is 19.7. The van der Waals surface area contributed by atoms with Crippen LogP contribution in [0.4, 0.5) is 0 Å². The van der Waals surface area contributed by atoms with Crippen LogP contribution in [0.1, 0.15) is 24.4 Å². The van der Waals surface area contributed by atoms with Crippen molar-refractivity contribution >= 4 is 21.6 Å². The average Bonchev–Trinajstić information content (AvgIpc) is 3.24. The molecule has 3 aliphatic rings. The van der Waals surface area contributed by atoms with E-state index >= 15 is 0 Å². The molecule has 3 fully saturated rings. The van der Waals surface area contributed by atoms with Crippen molar-refractivity contribution in [2.24, 2.45) is 0 Å². The number of sulfone groups is 1. The number of hydrazine groups is 1. The zero-order chi connectivity index (χ0) is 19.2. The van der Waals surface area contributed by atoms with Crippen molar-refractivity contribution in [1.29, 1.82) is 0 Å². The van der Waals surface area contributed by atoms with Crippen molar-refractivity contribution in [2.75, 3.05) is 45.7 Å². The molecule has 3 saturated heterocycles. The summed E-state index contributed by atoms with van der Waals surface area (Å²) < 4.78 is 23.4. The number of hydrogen-bond acceptors (Lipinski definition) is 7. The van der Waals surface area contributed by atoms with Crippen molar-refractivity contribution in [3.8, 4) is 0 Å². The Morgan fingerprint density at radius 3 is 2.56 bits per heavy atom. The highest BCUT2D eigenvalue weighted by Crippen LogP contribution is 2.32. The predicted octanol–water partition coefficient (Wildman–Crippen LogP) is 1.42. The summed E-state index contributed by atoms with van der Waals surface area (Å²) in [4.78, 5) is 2.83. The van der Waals surface area contributed by atoms with Gasteiger partial charge in [0.2, 0.25) is 0 Å². The Balaban J connectivity index is 1.46. The van der Waals surface area contributed by atoms with Gasteiger partial charge in [-0.1, -0.05) is 12.1 Å². The Hall–Kier alpha value is -0.640. The molecular weight excluding hydrogens is 380 g/mol. The fourth-order valence-electron chi connectivity index (χ4n) is 4.53. The first-order valence-corrected chi connectivity index (χ1v) is 12.6. The van der Waals surface area contributed by atoms with Crippen LogP contribution < -0.4 is 5.32 Å². The molecule has 0 saturated carbocycles. The van der Waals surface area contributed by atoms with Crippen LogP contribution >= 0.6 is 11.8 Å². The summed E-state index contributed by atoms with van der Waals surface area (Å²) in [5.74, 6) is 1.30. The van der Waals surface area contributed by atoms with Crippen LogP contribution in [-0.2, 0) is 9.84 Å². The van der Waals surface area contributed by atoms with Crippen LogP contribution in [0.15, 0.2) is 29.2 Å². The Bertz CT molecular complexity index is 764. The second-order valence-electron chi connectivity index (χ2n) is 8.09. The van der Waals surface area contributed by atoms with Crippen molar-refractivity contribution < 1.29 is 8.42 Å². The molecule has 6 nitrogen and oxygen atoms in total. The van der Waals surface area contributed by atoms with E-state index in [2.05, 4.69) is 46.1 Å². The number of fused-ring (bicyclic) bond motifs is 1. The van der Waals surface area contributed by atoms with Gasteiger partial charge >= 0.3 is 0 Å². The predicted molar refractivity (Wildman–Crippen MR) is 110 cm³/mol. The van der Waals surface area contributed by atoms with E-state index < -0.39 is 9.84 Å². The lowest BCUT2D eigenvalue weighted by molar-refractivity contribution is -0.00192. The van der Waals surface area contributed by atoms with Crippen molar-refractivity contribution in [3.05, 3.63) is 29.8 Å². The van der Waals surface area contributed by atoms with Crippen molar-refractivity contribution in [2.45, 2.75) is 41.2 Å². The molecular formula is C19H30N4O2S2. The van der Waals surface area contributed by atoms with E-state index in [1.54, 1.807) is 12.1 Å². The first-order valence-electron chi connectivity index (χ1n) is 9.68. The Kier molecular flexibility index (Phi) is 5.57. The van der Waals surface area contributed by atoms with Gasteiger partial charge < -0.3 is 0 Å². The molecule has 3 aliphatic heterocycles. The highest BCUT2D eigenvalue weighted by atomic mass is 32.2. The molecule has 1 aromatic rings. The molecule has 0 aliphatic carbocycles. The van der Waals surface area contributed by atoms with E-state index in [0.717, 1.165) is 30.4 Å². The summed E-state index contributed by atoms with van der Waals surface area (Å²) in [6.45, 7) is 3.14. The topological polar surface area (TPSA) is 55.9 Å². The lowest BCUT2D eigenvalue weighted by Crippen LogP contribution is -2.60. The van der Waals surface area contributed by atoms with E-state index in [4.69, 9.17) is 0 Å². The molecule has 0 radical (unpaired) electrons. The zero-order valence-electron chi connectivity index (χ0n) is 16.3. The largest absolute Gasteiger partial charge is 0.297 e. The van der Waals surface area contributed by atoms with Gasteiger partial charge in [0.1, 0.15) is 0 Å². The van der Waals surface area contributed by atoms with Gasteiger partial charge in [-0.15, -0.1) is 0 Å². The van der Waals surface area contributed by atoms with Gasteiger partial charge in [0, 0.05) is 44.2 Å². The van der Waals surface area contributed by atoms with Crippen LogP contribution in [0.2, 0.25) is 0 Å². The van der Waals surface area contributed by atoms with Crippen LogP contribution in [0, 0.1) is 0 Å². The molecule has 0 amide bonds. The summed E-state index contributed by atoms with van der Waals surface area (Å²) in [5.41, 5.74) is 1.14. The fraction of sp³-hybridized carbons (Fsp3) is 0.684. The Morgan fingerprint density at radius 2 is 1.93 bits per heavy atom. The minimum atomic E-state index is -3.15. The SMILES string of the molecule is CN1CC(c2ccc(S(C)(=O)=O)cc2)NC2C1CN(CC1CCCS1)N2C. The van der Waals surface area contributed by atoms with E-state index in [0.29, 0.717) is 10.9 Å².